The summed E-state index contributed by atoms with van der Waals surface area (Å²) in [6.45, 7) is 4.79. The summed E-state index contributed by atoms with van der Waals surface area (Å²) in [7, 11) is 0. The number of aryl methyl sites for hydroxylation is 2. The maximum absolute atomic E-state index is 4.38. The Balaban J connectivity index is 1.84. The minimum absolute atomic E-state index is 0.742. The van der Waals surface area contributed by atoms with E-state index in [-0.39, 0.29) is 0 Å². The van der Waals surface area contributed by atoms with E-state index in [0.29, 0.717) is 0 Å². The maximum atomic E-state index is 4.38. The van der Waals surface area contributed by atoms with Gasteiger partial charge in [0.25, 0.3) is 0 Å². The largest absolute Gasteiger partial charge is 0.282 e. The molecule has 0 fully saturated rings. The molecule has 20 heavy (non-hydrogen) atoms. The van der Waals surface area contributed by atoms with E-state index < -0.39 is 0 Å². The van der Waals surface area contributed by atoms with E-state index in [2.05, 4.69) is 32.4 Å². The number of benzene rings is 1. The lowest BCUT2D eigenvalue weighted by Gasteiger charge is -2.06. The van der Waals surface area contributed by atoms with Crippen molar-refractivity contribution in [2.75, 3.05) is 0 Å². The van der Waals surface area contributed by atoms with Crippen molar-refractivity contribution in [3.05, 3.63) is 65.0 Å². The van der Waals surface area contributed by atoms with Crippen molar-refractivity contribution in [3.8, 4) is 0 Å². The molecule has 0 spiro atoms. The first-order valence-electron chi connectivity index (χ1n) is 6.65. The second kappa shape index (κ2) is 5.28. The molecule has 0 saturated heterocycles. The summed E-state index contributed by atoms with van der Waals surface area (Å²) in [4.78, 5) is 4.38. The van der Waals surface area contributed by atoms with Crippen LogP contribution in [0.3, 0.4) is 0 Å². The summed E-state index contributed by atoms with van der Waals surface area (Å²) >= 11 is 0. The zero-order valence-electron chi connectivity index (χ0n) is 11.7. The first-order valence-corrected chi connectivity index (χ1v) is 6.65. The third-order valence-corrected chi connectivity index (χ3v) is 3.49. The Labute approximate surface area is 117 Å². The van der Waals surface area contributed by atoms with Crippen molar-refractivity contribution in [3.63, 3.8) is 0 Å². The summed E-state index contributed by atoms with van der Waals surface area (Å²) in [5.74, 6) is 0.960. The fourth-order valence-corrected chi connectivity index (χ4v) is 2.31. The normalized spacial score (nSPS) is 10.9. The van der Waals surface area contributed by atoms with Crippen LogP contribution in [0, 0.1) is 13.8 Å². The van der Waals surface area contributed by atoms with Gasteiger partial charge in [-0.05, 0) is 19.4 Å². The van der Waals surface area contributed by atoms with E-state index in [9.17, 15) is 0 Å². The van der Waals surface area contributed by atoms with Crippen molar-refractivity contribution in [1.82, 2.24) is 25.0 Å². The van der Waals surface area contributed by atoms with Gasteiger partial charge in [-0.2, -0.15) is 10.2 Å². The summed E-state index contributed by atoms with van der Waals surface area (Å²) in [5.41, 5.74) is 4.54. The van der Waals surface area contributed by atoms with Crippen LogP contribution in [0.15, 0.2) is 36.7 Å². The lowest BCUT2D eigenvalue weighted by Crippen LogP contribution is -2.08. The number of hydrogen-bond acceptors (Lipinski definition) is 3. The van der Waals surface area contributed by atoms with E-state index in [0.717, 1.165) is 30.2 Å². The van der Waals surface area contributed by atoms with Crippen molar-refractivity contribution in [2.45, 2.75) is 26.8 Å². The van der Waals surface area contributed by atoms with Gasteiger partial charge in [-0.15, -0.1) is 0 Å². The number of H-pyrrole nitrogens is 1. The molecule has 0 bridgehead atoms. The summed E-state index contributed by atoms with van der Waals surface area (Å²) in [6.07, 6.45) is 2.37. The predicted octanol–water partition coefficient (Wildman–Crippen LogP) is 2.26. The molecule has 2 aromatic heterocycles. The Hall–Kier alpha value is -2.43. The van der Waals surface area contributed by atoms with Crippen molar-refractivity contribution in [1.29, 1.82) is 0 Å². The van der Waals surface area contributed by atoms with Gasteiger partial charge in [0, 0.05) is 17.7 Å². The predicted molar refractivity (Wildman–Crippen MR) is 76.4 cm³/mol. The second-order valence-electron chi connectivity index (χ2n) is 4.91. The highest BCUT2D eigenvalue weighted by molar-refractivity contribution is 5.26. The molecule has 102 valence electrons. The van der Waals surface area contributed by atoms with E-state index in [1.165, 1.54) is 11.1 Å². The summed E-state index contributed by atoms with van der Waals surface area (Å²) < 4.78 is 1.95. The zero-order chi connectivity index (χ0) is 13.9. The lowest BCUT2D eigenvalue weighted by molar-refractivity contribution is 0.647. The van der Waals surface area contributed by atoms with Gasteiger partial charge in [0.15, 0.2) is 0 Å². The molecule has 0 amide bonds. The van der Waals surface area contributed by atoms with Crippen LogP contribution in [-0.4, -0.2) is 25.0 Å². The Kier molecular flexibility index (Phi) is 3.33. The van der Waals surface area contributed by atoms with Gasteiger partial charge in [-0.25, -0.2) is 9.67 Å². The molecular weight excluding hydrogens is 250 g/mol. The average molecular weight is 267 g/mol. The number of nitrogens with zero attached hydrogens (tertiary/aromatic N) is 4. The molecule has 0 aliphatic heterocycles. The molecule has 0 aliphatic rings. The maximum Gasteiger partial charge on any atom is 0.138 e. The van der Waals surface area contributed by atoms with Crippen LogP contribution in [-0.2, 0) is 13.0 Å². The highest BCUT2D eigenvalue weighted by Gasteiger charge is 2.12. The lowest BCUT2D eigenvalue weighted by atomic mass is 10.1. The van der Waals surface area contributed by atoms with E-state index in [1.54, 1.807) is 6.33 Å². The molecule has 1 N–H and O–H groups in total. The molecule has 1 aromatic carbocycles. The van der Waals surface area contributed by atoms with Crippen LogP contribution in [0.1, 0.15) is 28.3 Å². The summed E-state index contributed by atoms with van der Waals surface area (Å²) in [5, 5.41) is 11.6. The number of aromatic nitrogens is 5. The molecule has 0 aliphatic carbocycles. The van der Waals surface area contributed by atoms with E-state index in [1.807, 2.05) is 36.7 Å². The number of rotatable bonds is 4. The van der Waals surface area contributed by atoms with Crippen LogP contribution in [0.25, 0.3) is 0 Å². The third kappa shape index (κ3) is 2.47. The van der Waals surface area contributed by atoms with E-state index >= 15 is 0 Å². The van der Waals surface area contributed by atoms with Crippen LogP contribution < -0.4 is 0 Å². The first-order chi connectivity index (χ1) is 9.74. The fraction of sp³-hybridized carbons (Fsp3) is 0.267. The number of hydrogen-bond donors (Lipinski definition) is 1. The SMILES string of the molecule is Cc1n[nH]c(C)c1Cc1ncnn1Cc1ccccc1. The van der Waals surface area contributed by atoms with Crippen LogP contribution >= 0.6 is 0 Å². The smallest absolute Gasteiger partial charge is 0.138 e. The molecule has 3 rings (SSSR count). The van der Waals surface area contributed by atoms with Crippen LogP contribution in [0.5, 0.6) is 0 Å². The molecular formula is C15H17N5. The molecule has 0 saturated carbocycles. The third-order valence-electron chi connectivity index (χ3n) is 3.49. The first kappa shape index (κ1) is 12.6. The molecule has 0 radical (unpaired) electrons. The van der Waals surface area contributed by atoms with Gasteiger partial charge in [0.2, 0.25) is 0 Å². The molecule has 5 heteroatoms. The minimum Gasteiger partial charge on any atom is -0.282 e. The standard InChI is InChI=1S/C15H17N5/c1-11-14(12(2)19-18-11)8-15-16-10-17-20(15)9-13-6-4-3-5-7-13/h3-7,10H,8-9H2,1-2H3,(H,18,19). The number of aromatic amines is 1. The Morgan fingerprint density at radius 3 is 2.65 bits per heavy atom. The van der Waals surface area contributed by atoms with Gasteiger partial charge in [0.1, 0.15) is 12.2 Å². The monoisotopic (exact) mass is 267 g/mol. The molecule has 2 heterocycles. The quantitative estimate of drug-likeness (QED) is 0.788. The van der Waals surface area contributed by atoms with E-state index in [4.69, 9.17) is 0 Å². The minimum atomic E-state index is 0.742. The molecule has 0 unspecified atom stereocenters. The van der Waals surface area contributed by atoms with Gasteiger partial charge in [-0.3, -0.25) is 5.10 Å². The Morgan fingerprint density at radius 2 is 1.95 bits per heavy atom. The second-order valence-corrected chi connectivity index (χ2v) is 4.91. The van der Waals surface area contributed by atoms with Gasteiger partial charge in [-0.1, -0.05) is 30.3 Å². The van der Waals surface area contributed by atoms with Crippen LogP contribution in [0.2, 0.25) is 0 Å². The Bertz CT molecular complexity index is 677. The van der Waals surface area contributed by atoms with Crippen LogP contribution in [0.4, 0.5) is 0 Å². The average Bonchev–Trinajstić information content (AvgIpc) is 3.02. The molecule has 5 nitrogen and oxygen atoms in total. The highest BCUT2D eigenvalue weighted by Crippen LogP contribution is 2.14. The van der Waals surface area contributed by atoms with Gasteiger partial charge >= 0.3 is 0 Å². The number of nitrogens with one attached hydrogen (secondary N) is 1. The van der Waals surface area contributed by atoms with Crippen molar-refractivity contribution < 1.29 is 0 Å². The zero-order valence-corrected chi connectivity index (χ0v) is 11.7. The molecule has 0 atom stereocenters. The van der Waals surface area contributed by atoms with Gasteiger partial charge in [0.05, 0.1) is 12.2 Å². The fourth-order valence-electron chi connectivity index (χ4n) is 2.31. The van der Waals surface area contributed by atoms with Crippen molar-refractivity contribution in [2.24, 2.45) is 0 Å². The van der Waals surface area contributed by atoms with Crippen molar-refractivity contribution >= 4 is 0 Å². The van der Waals surface area contributed by atoms with Gasteiger partial charge < -0.3 is 0 Å². The highest BCUT2D eigenvalue weighted by atomic mass is 15.3. The topological polar surface area (TPSA) is 59.4 Å². The summed E-state index contributed by atoms with van der Waals surface area (Å²) in [6, 6.07) is 10.3. The Morgan fingerprint density at radius 1 is 1.15 bits per heavy atom. The molecule has 3 aromatic rings.